The van der Waals surface area contributed by atoms with E-state index in [-0.39, 0.29) is 18.2 Å². The van der Waals surface area contributed by atoms with E-state index in [1.807, 2.05) is 54.2 Å². The Hall–Kier alpha value is -2.34. The van der Waals surface area contributed by atoms with Crippen LogP contribution in [0.5, 0.6) is 17.2 Å². The number of ether oxygens (including phenoxy) is 3. The van der Waals surface area contributed by atoms with E-state index in [0.29, 0.717) is 11.7 Å². The molecule has 2 fully saturated rings. The molecule has 5 rings (SSSR count). The maximum Gasteiger partial charge on any atom is 0.251 e. The average molecular weight is 397 g/mol. The second-order valence-corrected chi connectivity index (χ2v) is 8.69. The van der Waals surface area contributed by atoms with Crippen molar-refractivity contribution < 1.29 is 19.0 Å². The fourth-order valence-corrected chi connectivity index (χ4v) is 4.67. The maximum atomic E-state index is 13.0. The van der Waals surface area contributed by atoms with Gasteiger partial charge in [-0.1, -0.05) is 18.9 Å². The summed E-state index contributed by atoms with van der Waals surface area (Å²) in [5.41, 5.74) is 1.39. The zero-order chi connectivity index (χ0) is 19.0. The molecule has 2 aromatic rings. The largest absolute Gasteiger partial charge is 0.489 e. The van der Waals surface area contributed by atoms with Gasteiger partial charge in [0.05, 0.1) is 5.54 Å². The van der Waals surface area contributed by atoms with Crippen molar-refractivity contribution in [3.63, 3.8) is 0 Å². The van der Waals surface area contributed by atoms with Crippen molar-refractivity contribution in [3.8, 4) is 17.2 Å². The summed E-state index contributed by atoms with van der Waals surface area (Å²) < 4.78 is 16.8. The van der Waals surface area contributed by atoms with Gasteiger partial charge < -0.3 is 19.5 Å². The zero-order valence-electron chi connectivity index (χ0n) is 15.6. The van der Waals surface area contributed by atoms with Gasteiger partial charge in [0, 0.05) is 17.1 Å². The molecule has 1 aliphatic carbocycles. The van der Waals surface area contributed by atoms with Crippen molar-refractivity contribution in [2.24, 2.45) is 0 Å². The van der Waals surface area contributed by atoms with Gasteiger partial charge in [0.1, 0.15) is 11.9 Å². The summed E-state index contributed by atoms with van der Waals surface area (Å²) in [4.78, 5) is 13.0. The summed E-state index contributed by atoms with van der Waals surface area (Å²) in [6, 6.07) is 13.5. The highest BCUT2D eigenvalue weighted by Gasteiger charge is 2.38. The normalized spacial score (nSPS) is 19.9. The van der Waals surface area contributed by atoms with Gasteiger partial charge in [-0.15, -0.1) is 0 Å². The molecule has 0 aromatic heterocycles. The van der Waals surface area contributed by atoms with Gasteiger partial charge >= 0.3 is 0 Å². The fourth-order valence-electron chi connectivity index (χ4n) is 4.11. The van der Waals surface area contributed by atoms with E-state index < -0.39 is 0 Å². The van der Waals surface area contributed by atoms with Crippen LogP contribution in [0.3, 0.4) is 0 Å². The van der Waals surface area contributed by atoms with Crippen LogP contribution in [0.1, 0.15) is 41.6 Å². The highest BCUT2D eigenvalue weighted by molar-refractivity contribution is 8.00. The third-order valence-electron chi connectivity index (χ3n) is 5.76. The van der Waals surface area contributed by atoms with Gasteiger partial charge in [-0.05, 0) is 54.8 Å². The standard InChI is InChI=1S/C22H23NO4S/c24-21(15-3-6-17(7-4-15)27-18-12-28-13-18)23-22(9-1-2-10-22)16-5-8-19-20(11-16)26-14-25-19/h3-8,11,18H,1-2,9-10,12-14H2,(H,23,24). The molecule has 2 aromatic carbocycles. The lowest BCUT2D eigenvalue weighted by Gasteiger charge is -2.31. The number of thioether (sulfide) groups is 1. The third-order valence-corrected chi connectivity index (χ3v) is 6.98. The van der Waals surface area contributed by atoms with Crippen molar-refractivity contribution >= 4 is 17.7 Å². The minimum Gasteiger partial charge on any atom is -0.489 e. The maximum absolute atomic E-state index is 13.0. The summed E-state index contributed by atoms with van der Waals surface area (Å²) in [7, 11) is 0. The number of hydrogen-bond acceptors (Lipinski definition) is 5. The van der Waals surface area contributed by atoms with E-state index in [0.717, 1.165) is 60.0 Å². The Morgan fingerprint density at radius 1 is 1.04 bits per heavy atom. The lowest BCUT2D eigenvalue weighted by atomic mass is 9.87. The van der Waals surface area contributed by atoms with Crippen LogP contribution in [-0.2, 0) is 5.54 Å². The number of rotatable bonds is 5. The SMILES string of the molecule is O=C(NC1(c2ccc3c(c2)OCO3)CCCC1)c1ccc(OC2CSC2)cc1. The van der Waals surface area contributed by atoms with Crippen LogP contribution < -0.4 is 19.5 Å². The molecule has 1 N–H and O–H groups in total. The lowest BCUT2D eigenvalue weighted by Crippen LogP contribution is -2.43. The summed E-state index contributed by atoms with van der Waals surface area (Å²) in [5, 5.41) is 3.32. The molecule has 28 heavy (non-hydrogen) atoms. The first kappa shape index (κ1) is 17.7. The van der Waals surface area contributed by atoms with Crippen LogP contribution in [0.25, 0.3) is 0 Å². The Balaban J connectivity index is 1.34. The predicted molar refractivity (Wildman–Crippen MR) is 108 cm³/mol. The molecule has 1 saturated carbocycles. The molecule has 146 valence electrons. The molecular weight excluding hydrogens is 374 g/mol. The smallest absolute Gasteiger partial charge is 0.251 e. The van der Waals surface area contributed by atoms with E-state index in [2.05, 4.69) is 5.32 Å². The van der Waals surface area contributed by atoms with Crippen LogP contribution >= 0.6 is 11.8 Å². The van der Waals surface area contributed by atoms with Crippen molar-refractivity contribution in [2.75, 3.05) is 18.3 Å². The highest BCUT2D eigenvalue weighted by Crippen LogP contribution is 2.43. The fraction of sp³-hybridized carbons (Fsp3) is 0.409. The number of hydrogen-bond donors (Lipinski definition) is 1. The summed E-state index contributed by atoms with van der Waals surface area (Å²) >= 11 is 1.89. The molecule has 1 amide bonds. The Bertz CT molecular complexity index is 873. The number of nitrogens with one attached hydrogen (secondary N) is 1. The molecule has 0 spiro atoms. The van der Waals surface area contributed by atoms with Crippen molar-refractivity contribution in [1.82, 2.24) is 5.32 Å². The average Bonchev–Trinajstić information content (AvgIpc) is 3.34. The summed E-state index contributed by atoms with van der Waals surface area (Å²) in [6.45, 7) is 0.256. The molecule has 0 unspecified atom stereocenters. The Labute approximate surface area is 168 Å². The van der Waals surface area contributed by atoms with Crippen molar-refractivity contribution in [3.05, 3.63) is 53.6 Å². The molecule has 0 bridgehead atoms. The third kappa shape index (κ3) is 3.30. The molecule has 0 radical (unpaired) electrons. The number of carbonyl (C=O) groups is 1. The zero-order valence-corrected chi connectivity index (χ0v) is 16.4. The van der Waals surface area contributed by atoms with Crippen LogP contribution in [0.4, 0.5) is 0 Å². The number of benzene rings is 2. The van der Waals surface area contributed by atoms with Gasteiger partial charge in [-0.25, -0.2) is 0 Å². The second-order valence-electron chi connectivity index (χ2n) is 7.61. The highest BCUT2D eigenvalue weighted by atomic mass is 32.2. The van der Waals surface area contributed by atoms with Crippen LogP contribution in [0.2, 0.25) is 0 Å². The molecule has 6 heteroatoms. The first-order valence-corrected chi connectivity index (χ1v) is 10.9. The van der Waals surface area contributed by atoms with Gasteiger partial charge in [0.25, 0.3) is 5.91 Å². The molecular formula is C22H23NO4S. The van der Waals surface area contributed by atoms with Gasteiger partial charge in [-0.3, -0.25) is 4.79 Å². The van der Waals surface area contributed by atoms with E-state index >= 15 is 0 Å². The Morgan fingerprint density at radius 2 is 1.79 bits per heavy atom. The molecule has 5 nitrogen and oxygen atoms in total. The number of fused-ring (bicyclic) bond motifs is 1. The number of amides is 1. The topological polar surface area (TPSA) is 56.8 Å². The van der Waals surface area contributed by atoms with E-state index in [1.54, 1.807) is 0 Å². The van der Waals surface area contributed by atoms with Crippen molar-refractivity contribution in [2.45, 2.75) is 37.3 Å². The van der Waals surface area contributed by atoms with Crippen LogP contribution in [0.15, 0.2) is 42.5 Å². The van der Waals surface area contributed by atoms with E-state index in [4.69, 9.17) is 14.2 Å². The summed E-state index contributed by atoms with van der Waals surface area (Å²) in [6.07, 6.45) is 4.36. The van der Waals surface area contributed by atoms with Crippen LogP contribution in [0, 0.1) is 0 Å². The second kappa shape index (κ2) is 7.24. The molecule has 1 saturated heterocycles. The molecule has 3 aliphatic rings. The van der Waals surface area contributed by atoms with Crippen molar-refractivity contribution in [1.29, 1.82) is 0 Å². The molecule has 2 heterocycles. The Morgan fingerprint density at radius 3 is 2.50 bits per heavy atom. The Kier molecular flexibility index (Phi) is 4.59. The first-order valence-electron chi connectivity index (χ1n) is 9.79. The lowest BCUT2D eigenvalue weighted by molar-refractivity contribution is 0.0898. The van der Waals surface area contributed by atoms with Crippen LogP contribution in [-0.4, -0.2) is 30.3 Å². The van der Waals surface area contributed by atoms with Gasteiger partial charge in [0.15, 0.2) is 11.5 Å². The van der Waals surface area contributed by atoms with Gasteiger partial charge in [0.2, 0.25) is 6.79 Å². The number of carbonyl (C=O) groups excluding carboxylic acids is 1. The minimum absolute atomic E-state index is 0.0506. The van der Waals surface area contributed by atoms with E-state index in [9.17, 15) is 4.79 Å². The monoisotopic (exact) mass is 397 g/mol. The summed E-state index contributed by atoms with van der Waals surface area (Å²) in [5.74, 6) is 4.39. The molecule has 0 atom stereocenters. The minimum atomic E-state index is -0.351. The molecule has 2 aliphatic heterocycles. The predicted octanol–water partition coefficient (Wildman–Crippen LogP) is 4.11. The van der Waals surface area contributed by atoms with E-state index in [1.165, 1.54) is 0 Å². The first-order chi connectivity index (χ1) is 13.7. The quantitative estimate of drug-likeness (QED) is 0.823. The van der Waals surface area contributed by atoms with Gasteiger partial charge in [-0.2, -0.15) is 11.8 Å².